The molecule has 2 aromatic rings. The van der Waals surface area contributed by atoms with Crippen LogP contribution < -0.4 is 5.32 Å². The number of hydrogen-bond acceptors (Lipinski definition) is 5. The minimum atomic E-state index is -0.715. The number of hydrogen-bond donors (Lipinski definition) is 2. The van der Waals surface area contributed by atoms with E-state index in [9.17, 15) is 14.3 Å². The quantitative estimate of drug-likeness (QED) is 0.338. The number of fused-ring (bicyclic) bond motifs is 1. The average Bonchev–Trinajstić information content (AvgIpc) is 3.23. The zero-order valence-electron chi connectivity index (χ0n) is 21.8. The number of nitrogens with one attached hydrogen (secondary N) is 1. The van der Waals surface area contributed by atoms with Gasteiger partial charge in [0.05, 0.1) is 30.4 Å². The third-order valence-electron chi connectivity index (χ3n) is 6.81. The zero-order chi connectivity index (χ0) is 26.3. The van der Waals surface area contributed by atoms with Crippen LogP contribution in [0.15, 0.2) is 36.4 Å². The van der Waals surface area contributed by atoms with Gasteiger partial charge in [0.2, 0.25) is 0 Å². The molecular formula is C29H39ClFNO4. The van der Waals surface area contributed by atoms with Gasteiger partial charge in [0.15, 0.2) is 0 Å². The van der Waals surface area contributed by atoms with E-state index in [-0.39, 0.29) is 29.6 Å². The predicted molar refractivity (Wildman–Crippen MR) is 141 cm³/mol. The Labute approximate surface area is 219 Å². The maximum absolute atomic E-state index is 14.2. The first-order chi connectivity index (χ1) is 17.1. The van der Waals surface area contributed by atoms with Gasteiger partial charge in [0, 0.05) is 18.5 Å². The molecule has 0 unspecified atom stereocenters. The first-order valence-corrected chi connectivity index (χ1v) is 13.2. The number of aliphatic hydroxyl groups excluding tert-OH is 1. The van der Waals surface area contributed by atoms with Gasteiger partial charge in [0.25, 0.3) is 0 Å². The van der Waals surface area contributed by atoms with Gasteiger partial charge in [-0.25, -0.2) is 4.39 Å². The lowest BCUT2D eigenvalue weighted by atomic mass is 9.88. The van der Waals surface area contributed by atoms with Crippen molar-refractivity contribution in [3.63, 3.8) is 0 Å². The van der Waals surface area contributed by atoms with E-state index in [0.29, 0.717) is 31.1 Å². The van der Waals surface area contributed by atoms with E-state index in [4.69, 9.17) is 21.1 Å². The second-order valence-corrected chi connectivity index (χ2v) is 10.8. The van der Waals surface area contributed by atoms with Crippen LogP contribution in [0.2, 0.25) is 5.02 Å². The third kappa shape index (κ3) is 8.27. The molecule has 2 N–H and O–H groups in total. The molecule has 0 radical (unpaired) electrons. The van der Waals surface area contributed by atoms with E-state index in [1.54, 1.807) is 13.8 Å². The van der Waals surface area contributed by atoms with E-state index in [1.807, 2.05) is 0 Å². The minimum Gasteiger partial charge on any atom is -0.466 e. The SMILES string of the molecule is CCOC(=O)CCc1cc(Cl)c(F)cc1[C@@H](C)OC[C@H](O)CNC(C)(C)CC1Cc2ccccc2C1. The predicted octanol–water partition coefficient (Wildman–Crippen LogP) is 5.59. The summed E-state index contributed by atoms with van der Waals surface area (Å²) < 4.78 is 25.1. The fourth-order valence-electron chi connectivity index (χ4n) is 5.05. The van der Waals surface area contributed by atoms with Crippen LogP contribution in [0.4, 0.5) is 4.39 Å². The molecule has 3 rings (SSSR count). The second-order valence-electron chi connectivity index (χ2n) is 10.4. The maximum atomic E-state index is 14.2. The summed E-state index contributed by atoms with van der Waals surface area (Å²) in [5.41, 5.74) is 4.11. The number of esters is 1. The number of aryl methyl sites for hydroxylation is 1. The van der Waals surface area contributed by atoms with E-state index >= 15 is 0 Å². The number of benzene rings is 2. The molecule has 0 saturated heterocycles. The average molecular weight is 520 g/mol. The lowest BCUT2D eigenvalue weighted by molar-refractivity contribution is -0.143. The zero-order valence-corrected chi connectivity index (χ0v) is 22.5. The molecule has 5 nitrogen and oxygen atoms in total. The van der Waals surface area contributed by atoms with E-state index < -0.39 is 18.0 Å². The highest BCUT2D eigenvalue weighted by molar-refractivity contribution is 6.30. The van der Waals surface area contributed by atoms with Crippen LogP contribution in [0.1, 0.15) is 68.9 Å². The summed E-state index contributed by atoms with van der Waals surface area (Å²) >= 11 is 5.99. The van der Waals surface area contributed by atoms with Crippen molar-refractivity contribution in [2.24, 2.45) is 5.92 Å². The summed E-state index contributed by atoms with van der Waals surface area (Å²) in [6.45, 7) is 8.69. The molecule has 7 heteroatoms. The van der Waals surface area contributed by atoms with Crippen LogP contribution in [0.25, 0.3) is 0 Å². The van der Waals surface area contributed by atoms with Gasteiger partial charge in [-0.05, 0) is 93.7 Å². The molecule has 1 aliphatic rings. The van der Waals surface area contributed by atoms with Crippen LogP contribution in [0.5, 0.6) is 0 Å². The van der Waals surface area contributed by atoms with Crippen molar-refractivity contribution < 1.29 is 23.8 Å². The number of halogens is 2. The van der Waals surface area contributed by atoms with Gasteiger partial charge in [-0.15, -0.1) is 0 Å². The molecule has 198 valence electrons. The summed E-state index contributed by atoms with van der Waals surface area (Å²) in [6.07, 6.45) is 2.55. The van der Waals surface area contributed by atoms with E-state index in [1.165, 1.54) is 23.3 Å². The van der Waals surface area contributed by atoms with Gasteiger partial charge in [-0.1, -0.05) is 35.9 Å². The highest BCUT2D eigenvalue weighted by atomic mass is 35.5. The molecule has 0 aliphatic heterocycles. The van der Waals surface area contributed by atoms with Gasteiger partial charge < -0.3 is 19.9 Å². The van der Waals surface area contributed by atoms with Crippen molar-refractivity contribution >= 4 is 17.6 Å². The molecule has 36 heavy (non-hydrogen) atoms. The Kier molecular flexibility index (Phi) is 10.3. The largest absolute Gasteiger partial charge is 0.466 e. The number of carbonyl (C=O) groups is 1. The number of rotatable bonds is 13. The molecule has 1 aliphatic carbocycles. The lowest BCUT2D eigenvalue weighted by Crippen LogP contribution is -2.45. The topological polar surface area (TPSA) is 67.8 Å². The standard InChI is InChI=1S/C29H39ClFNO4/c1-5-35-28(34)11-10-23-14-26(30)27(31)15-25(23)19(2)36-18-24(33)17-32-29(3,4)16-20-12-21-8-6-7-9-22(21)13-20/h6-9,14-15,19-20,24,32-33H,5,10-13,16-18H2,1-4H3/t19-,24-/m1/s1. The molecule has 0 heterocycles. The van der Waals surface area contributed by atoms with E-state index in [2.05, 4.69) is 43.4 Å². The molecule has 0 aromatic heterocycles. The van der Waals surface area contributed by atoms with E-state index in [0.717, 1.165) is 24.8 Å². The van der Waals surface area contributed by atoms with Crippen molar-refractivity contribution in [1.82, 2.24) is 5.32 Å². The molecule has 0 amide bonds. The summed E-state index contributed by atoms with van der Waals surface area (Å²) in [7, 11) is 0. The van der Waals surface area contributed by atoms with Crippen LogP contribution >= 0.6 is 11.6 Å². The Bertz CT molecular complexity index is 1000. The van der Waals surface area contributed by atoms with Gasteiger partial charge in [-0.3, -0.25) is 4.79 Å². The smallest absolute Gasteiger partial charge is 0.306 e. The molecule has 0 bridgehead atoms. The van der Waals surface area contributed by atoms with Gasteiger partial charge >= 0.3 is 5.97 Å². The maximum Gasteiger partial charge on any atom is 0.306 e. The molecule has 0 spiro atoms. The fourth-order valence-corrected chi connectivity index (χ4v) is 5.24. The fraction of sp³-hybridized carbons (Fsp3) is 0.552. The molecule has 2 aromatic carbocycles. The molecule has 2 atom stereocenters. The van der Waals surface area contributed by atoms with Gasteiger partial charge in [-0.2, -0.15) is 0 Å². The Morgan fingerprint density at radius 1 is 1.25 bits per heavy atom. The Hall–Kier alpha value is -1.99. The number of carbonyl (C=O) groups excluding carboxylic acids is 1. The highest BCUT2D eigenvalue weighted by Gasteiger charge is 2.28. The lowest BCUT2D eigenvalue weighted by Gasteiger charge is -2.31. The first kappa shape index (κ1) is 28.6. The van der Waals surface area contributed by atoms with Crippen molar-refractivity contribution in [1.29, 1.82) is 0 Å². The van der Waals surface area contributed by atoms with Crippen LogP contribution in [0, 0.1) is 11.7 Å². The van der Waals surface area contributed by atoms with Crippen LogP contribution in [-0.2, 0) is 33.5 Å². The van der Waals surface area contributed by atoms with Crippen molar-refractivity contribution in [3.05, 3.63) is 69.5 Å². The molecule has 0 saturated carbocycles. The van der Waals surface area contributed by atoms with Crippen molar-refractivity contribution in [2.45, 2.75) is 77.5 Å². The second kappa shape index (κ2) is 13.0. The van der Waals surface area contributed by atoms with Crippen molar-refractivity contribution in [2.75, 3.05) is 19.8 Å². The molecular weight excluding hydrogens is 481 g/mol. The normalized spacial score (nSPS) is 15.5. The van der Waals surface area contributed by atoms with Crippen molar-refractivity contribution in [3.8, 4) is 0 Å². The molecule has 0 fully saturated rings. The van der Waals surface area contributed by atoms with Crippen LogP contribution in [-0.4, -0.2) is 42.5 Å². The van der Waals surface area contributed by atoms with Gasteiger partial charge in [0.1, 0.15) is 5.82 Å². The Morgan fingerprint density at radius 3 is 2.56 bits per heavy atom. The first-order valence-electron chi connectivity index (χ1n) is 12.8. The number of aliphatic hydroxyl groups is 1. The summed E-state index contributed by atoms with van der Waals surface area (Å²) in [5, 5.41) is 14.1. The summed E-state index contributed by atoms with van der Waals surface area (Å²) in [5.74, 6) is -0.269. The highest BCUT2D eigenvalue weighted by Crippen LogP contribution is 2.32. The van der Waals surface area contributed by atoms with Crippen LogP contribution in [0.3, 0.4) is 0 Å². The third-order valence-corrected chi connectivity index (χ3v) is 7.10. The number of β-amino-alcohol motifs (C(OH)–C–C–N with tert-alkyl or cyclic N) is 1. The Morgan fingerprint density at radius 2 is 1.92 bits per heavy atom. The Balaban J connectivity index is 1.49. The summed E-state index contributed by atoms with van der Waals surface area (Å²) in [6, 6.07) is 11.5. The monoisotopic (exact) mass is 519 g/mol. The summed E-state index contributed by atoms with van der Waals surface area (Å²) in [4.78, 5) is 11.8. The minimum absolute atomic E-state index is 0.00151. The number of ether oxygens (including phenoxy) is 2.